The van der Waals surface area contributed by atoms with Crippen LogP contribution in [-0.2, 0) is 4.79 Å². The summed E-state index contributed by atoms with van der Waals surface area (Å²) in [6, 6.07) is 0.359. The highest BCUT2D eigenvalue weighted by Gasteiger charge is 2.32. The maximum absolute atomic E-state index is 12.8. The molecule has 18 heavy (non-hydrogen) atoms. The third-order valence-corrected chi connectivity index (χ3v) is 4.55. The predicted octanol–water partition coefficient (Wildman–Crippen LogP) is 4.34. The van der Waals surface area contributed by atoms with Crippen LogP contribution < -0.4 is 0 Å². The lowest BCUT2D eigenvalue weighted by Crippen LogP contribution is -2.45. The van der Waals surface area contributed by atoms with Crippen LogP contribution in [0.25, 0.3) is 0 Å². The number of carbonyl (C=O) groups is 1. The first kappa shape index (κ1) is 17.5. The minimum absolute atomic E-state index is 0.189. The highest BCUT2D eigenvalue weighted by Crippen LogP contribution is 2.28. The van der Waals surface area contributed by atoms with Crippen LogP contribution in [0.5, 0.6) is 0 Å². The SMILES string of the molecule is CCC(C)C(C(=O)N(CC)C(C)CC)C(C)CC. The molecule has 2 nitrogen and oxygen atoms in total. The number of amides is 1. The summed E-state index contributed by atoms with van der Waals surface area (Å²) in [5, 5.41) is 0. The van der Waals surface area contributed by atoms with Gasteiger partial charge in [-0.1, -0.05) is 47.5 Å². The summed E-state index contributed by atoms with van der Waals surface area (Å²) in [6.45, 7) is 16.1. The summed E-state index contributed by atoms with van der Waals surface area (Å²) in [7, 11) is 0. The number of hydrogen-bond acceptors (Lipinski definition) is 1. The minimum atomic E-state index is 0.189. The Kier molecular flexibility index (Phi) is 8.30. The van der Waals surface area contributed by atoms with E-state index in [2.05, 4.69) is 53.4 Å². The van der Waals surface area contributed by atoms with Gasteiger partial charge in [0.1, 0.15) is 0 Å². The molecule has 0 aliphatic carbocycles. The molecule has 0 spiro atoms. The maximum atomic E-state index is 12.8. The Morgan fingerprint density at radius 2 is 1.33 bits per heavy atom. The van der Waals surface area contributed by atoms with Crippen molar-refractivity contribution in [3.63, 3.8) is 0 Å². The molecule has 0 heterocycles. The molecular formula is C16H33NO. The summed E-state index contributed by atoms with van der Waals surface area (Å²) in [5.41, 5.74) is 0. The molecule has 0 N–H and O–H groups in total. The van der Waals surface area contributed by atoms with Crippen molar-refractivity contribution in [2.75, 3.05) is 6.54 Å². The van der Waals surface area contributed by atoms with E-state index in [4.69, 9.17) is 0 Å². The molecule has 0 radical (unpaired) electrons. The van der Waals surface area contributed by atoms with Crippen molar-refractivity contribution in [3.8, 4) is 0 Å². The van der Waals surface area contributed by atoms with Crippen LogP contribution in [0.3, 0.4) is 0 Å². The van der Waals surface area contributed by atoms with Crippen molar-refractivity contribution in [2.45, 2.75) is 73.8 Å². The third-order valence-electron chi connectivity index (χ3n) is 4.55. The van der Waals surface area contributed by atoms with Crippen LogP contribution in [-0.4, -0.2) is 23.4 Å². The van der Waals surface area contributed by atoms with E-state index in [1.54, 1.807) is 0 Å². The lowest BCUT2D eigenvalue weighted by Gasteiger charge is -2.35. The van der Waals surface area contributed by atoms with E-state index in [1.165, 1.54) is 0 Å². The highest BCUT2D eigenvalue weighted by atomic mass is 16.2. The maximum Gasteiger partial charge on any atom is 0.226 e. The van der Waals surface area contributed by atoms with Crippen molar-refractivity contribution >= 4 is 5.91 Å². The Balaban J connectivity index is 5.03. The second-order valence-electron chi connectivity index (χ2n) is 5.68. The normalized spacial score (nSPS) is 17.9. The molecule has 0 bridgehead atoms. The van der Waals surface area contributed by atoms with Gasteiger partial charge < -0.3 is 4.90 Å². The molecule has 1 amide bonds. The number of carbonyl (C=O) groups excluding carboxylic acids is 1. The van der Waals surface area contributed by atoms with Gasteiger partial charge in [0.2, 0.25) is 5.91 Å². The molecule has 0 aromatic rings. The molecule has 0 aliphatic heterocycles. The van der Waals surface area contributed by atoms with Crippen molar-refractivity contribution in [3.05, 3.63) is 0 Å². The Morgan fingerprint density at radius 1 is 0.889 bits per heavy atom. The van der Waals surface area contributed by atoms with Crippen LogP contribution in [0.4, 0.5) is 0 Å². The number of hydrogen-bond donors (Lipinski definition) is 0. The first-order valence-corrected chi connectivity index (χ1v) is 7.74. The van der Waals surface area contributed by atoms with E-state index in [0.29, 0.717) is 23.8 Å². The third kappa shape index (κ3) is 4.29. The summed E-state index contributed by atoms with van der Waals surface area (Å²) in [6.07, 6.45) is 3.20. The topological polar surface area (TPSA) is 20.3 Å². The quantitative estimate of drug-likeness (QED) is 0.631. The van der Waals surface area contributed by atoms with Gasteiger partial charge in [0.25, 0.3) is 0 Å². The van der Waals surface area contributed by atoms with E-state index < -0.39 is 0 Å². The zero-order valence-corrected chi connectivity index (χ0v) is 13.5. The molecule has 108 valence electrons. The molecule has 0 aromatic carbocycles. The Labute approximate surface area is 114 Å². The number of rotatable bonds is 8. The zero-order valence-electron chi connectivity index (χ0n) is 13.5. The Bertz CT molecular complexity index is 229. The van der Waals surface area contributed by atoms with Crippen molar-refractivity contribution < 1.29 is 4.79 Å². The van der Waals surface area contributed by atoms with Gasteiger partial charge in [-0.15, -0.1) is 0 Å². The van der Waals surface area contributed by atoms with Crippen LogP contribution >= 0.6 is 0 Å². The van der Waals surface area contributed by atoms with E-state index in [1.807, 2.05) is 0 Å². The Morgan fingerprint density at radius 3 is 1.61 bits per heavy atom. The largest absolute Gasteiger partial charge is 0.340 e. The van der Waals surface area contributed by atoms with Gasteiger partial charge in [0.15, 0.2) is 0 Å². The van der Waals surface area contributed by atoms with E-state index >= 15 is 0 Å². The lowest BCUT2D eigenvalue weighted by molar-refractivity contribution is -0.141. The molecule has 2 heteroatoms. The molecule has 0 aliphatic rings. The average molecular weight is 255 g/mol. The molecule has 0 saturated carbocycles. The number of nitrogens with zero attached hydrogens (tertiary/aromatic N) is 1. The van der Waals surface area contributed by atoms with E-state index in [9.17, 15) is 4.79 Å². The van der Waals surface area contributed by atoms with Gasteiger partial charge in [0.05, 0.1) is 0 Å². The zero-order chi connectivity index (χ0) is 14.3. The van der Waals surface area contributed by atoms with Crippen LogP contribution in [0.2, 0.25) is 0 Å². The molecule has 0 saturated heterocycles. The van der Waals surface area contributed by atoms with Gasteiger partial charge in [-0.05, 0) is 32.1 Å². The van der Waals surface area contributed by atoms with Gasteiger partial charge in [0, 0.05) is 18.5 Å². The highest BCUT2D eigenvalue weighted by molar-refractivity contribution is 5.79. The van der Waals surface area contributed by atoms with Gasteiger partial charge in [-0.25, -0.2) is 0 Å². The summed E-state index contributed by atoms with van der Waals surface area (Å²) >= 11 is 0. The molecule has 0 rings (SSSR count). The second-order valence-corrected chi connectivity index (χ2v) is 5.68. The van der Waals surface area contributed by atoms with E-state index in [-0.39, 0.29) is 5.92 Å². The molecule has 0 fully saturated rings. The predicted molar refractivity (Wildman–Crippen MR) is 79.5 cm³/mol. The fourth-order valence-electron chi connectivity index (χ4n) is 2.65. The first-order valence-electron chi connectivity index (χ1n) is 7.74. The molecule has 0 aromatic heterocycles. The standard InChI is InChI=1S/C16H33NO/c1-8-12(5)15(13(6)9-2)16(18)17(11-4)14(7)10-3/h12-15H,8-11H2,1-7H3. The summed E-state index contributed by atoms with van der Waals surface area (Å²) < 4.78 is 0. The average Bonchev–Trinajstić information content (AvgIpc) is 2.38. The molecular weight excluding hydrogens is 222 g/mol. The van der Waals surface area contributed by atoms with Gasteiger partial charge in [-0.3, -0.25) is 4.79 Å². The summed E-state index contributed by atoms with van der Waals surface area (Å²) in [5.74, 6) is 1.51. The van der Waals surface area contributed by atoms with Crippen molar-refractivity contribution in [1.82, 2.24) is 4.90 Å². The minimum Gasteiger partial charge on any atom is -0.340 e. The fourth-order valence-corrected chi connectivity index (χ4v) is 2.65. The van der Waals surface area contributed by atoms with Gasteiger partial charge in [-0.2, -0.15) is 0 Å². The first-order chi connectivity index (χ1) is 8.44. The Hall–Kier alpha value is -0.530. The molecule has 3 atom stereocenters. The second kappa shape index (κ2) is 8.55. The summed E-state index contributed by atoms with van der Waals surface area (Å²) in [4.78, 5) is 14.9. The van der Waals surface area contributed by atoms with Crippen LogP contribution in [0.15, 0.2) is 0 Å². The van der Waals surface area contributed by atoms with Gasteiger partial charge >= 0.3 is 0 Å². The lowest BCUT2D eigenvalue weighted by atomic mass is 9.79. The van der Waals surface area contributed by atoms with E-state index in [0.717, 1.165) is 25.8 Å². The monoisotopic (exact) mass is 255 g/mol. The molecule has 3 unspecified atom stereocenters. The van der Waals surface area contributed by atoms with Crippen molar-refractivity contribution in [1.29, 1.82) is 0 Å². The van der Waals surface area contributed by atoms with Crippen molar-refractivity contribution in [2.24, 2.45) is 17.8 Å². The fraction of sp³-hybridized carbons (Fsp3) is 0.938. The smallest absolute Gasteiger partial charge is 0.226 e. The van der Waals surface area contributed by atoms with Crippen LogP contribution in [0, 0.1) is 17.8 Å². The van der Waals surface area contributed by atoms with Crippen LogP contribution in [0.1, 0.15) is 67.7 Å².